The fraction of sp³-hybridized carbons (Fsp3) is 0.0526. The first kappa shape index (κ1) is 21.8. The maximum absolute atomic E-state index is 13.3. The molecule has 0 saturated carbocycles. The van der Waals surface area contributed by atoms with Crippen LogP contribution in [-0.2, 0) is 14.4 Å². The number of thiazole rings is 1. The fourth-order valence-electron chi connectivity index (χ4n) is 3.04. The van der Waals surface area contributed by atoms with Crippen LogP contribution in [0.1, 0.15) is 10.9 Å². The van der Waals surface area contributed by atoms with Crippen LogP contribution in [0.3, 0.4) is 0 Å². The molecule has 1 unspecified atom stereocenters. The number of carbonyl (C=O) groups excluding carboxylic acids is 4. The van der Waals surface area contributed by atoms with E-state index in [0.29, 0.717) is 10.4 Å². The van der Waals surface area contributed by atoms with Gasteiger partial charge in [-0.15, -0.1) is 11.3 Å². The summed E-state index contributed by atoms with van der Waals surface area (Å²) in [5.41, 5.74) is 4.00. The monoisotopic (exact) mass is 490 g/mol. The molecule has 0 aliphatic carbocycles. The molecule has 1 aliphatic rings. The van der Waals surface area contributed by atoms with E-state index in [0.717, 1.165) is 16.0 Å². The van der Waals surface area contributed by atoms with Crippen molar-refractivity contribution in [1.82, 2.24) is 15.8 Å². The molecule has 0 bridgehead atoms. The Balaban J connectivity index is 1.84. The molecule has 4 rings (SSSR count). The lowest BCUT2D eigenvalue weighted by Crippen LogP contribution is -2.55. The number of hydrazone groups is 1. The van der Waals surface area contributed by atoms with Crippen molar-refractivity contribution in [2.45, 2.75) is 5.92 Å². The molecule has 0 spiro atoms. The number of amides is 4. The average molecular weight is 491 g/mol. The number of anilines is 1. The van der Waals surface area contributed by atoms with E-state index in [2.05, 4.69) is 10.1 Å². The number of hydrogen-bond acceptors (Lipinski definition) is 8. The number of nitrogens with zero attached hydrogens (tertiary/aromatic N) is 3. The van der Waals surface area contributed by atoms with E-state index in [1.165, 1.54) is 18.2 Å². The molecule has 4 N–H and O–H groups in total. The molecule has 2 heterocycles. The van der Waals surface area contributed by atoms with Gasteiger partial charge in [0.05, 0.1) is 25.9 Å². The second-order valence-electron chi connectivity index (χ2n) is 6.44. The summed E-state index contributed by atoms with van der Waals surface area (Å²) in [5.74, 6) is 0.632. The van der Waals surface area contributed by atoms with Crippen LogP contribution in [-0.4, -0.2) is 34.3 Å². The van der Waals surface area contributed by atoms with E-state index in [1.54, 1.807) is 29.7 Å². The highest BCUT2D eigenvalue weighted by Crippen LogP contribution is 2.35. The maximum atomic E-state index is 13.3. The first-order chi connectivity index (χ1) is 15.3. The third kappa shape index (κ3) is 3.82. The molecule has 4 amide bonds. The molecule has 1 aliphatic heterocycles. The van der Waals surface area contributed by atoms with Gasteiger partial charge in [-0.2, -0.15) is 5.10 Å². The summed E-state index contributed by atoms with van der Waals surface area (Å²) in [4.78, 5) is 55.9. The predicted octanol–water partition coefficient (Wildman–Crippen LogP) is 2.36. The minimum atomic E-state index is -1.41. The van der Waals surface area contributed by atoms with Gasteiger partial charge in [0, 0.05) is 0 Å². The van der Waals surface area contributed by atoms with E-state index >= 15 is 0 Å². The Labute approximate surface area is 194 Å². The number of nitrogens with one attached hydrogen (secondary N) is 2. The lowest BCUT2D eigenvalue weighted by Gasteiger charge is -2.29. The van der Waals surface area contributed by atoms with Gasteiger partial charge in [-0.25, -0.2) is 25.9 Å². The highest BCUT2D eigenvalue weighted by Gasteiger charge is 2.48. The van der Waals surface area contributed by atoms with Crippen molar-refractivity contribution in [3.63, 3.8) is 0 Å². The summed E-state index contributed by atoms with van der Waals surface area (Å²) in [6, 6.07) is 10.1. The van der Waals surface area contributed by atoms with Gasteiger partial charge >= 0.3 is 11.9 Å². The molecule has 1 aromatic heterocycles. The number of aromatic nitrogens is 1. The van der Waals surface area contributed by atoms with Crippen molar-refractivity contribution in [2.75, 3.05) is 4.90 Å². The number of nitrogens with two attached hydrogens (primary N) is 1. The maximum Gasteiger partial charge on any atom is 0.349 e. The average Bonchev–Trinajstić information content (AvgIpc) is 3.21. The molecule has 3 aromatic rings. The summed E-state index contributed by atoms with van der Waals surface area (Å²) < 4.78 is 0.745. The van der Waals surface area contributed by atoms with Crippen molar-refractivity contribution in [3.05, 3.63) is 57.5 Å². The minimum absolute atomic E-state index is 0.0153. The number of halogens is 2. The topological polar surface area (TPSA) is 147 Å². The van der Waals surface area contributed by atoms with Crippen LogP contribution in [0.25, 0.3) is 10.2 Å². The Morgan fingerprint density at radius 3 is 2.53 bits per heavy atom. The van der Waals surface area contributed by atoms with Gasteiger partial charge < -0.3 is 0 Å². The van der Waals surface area contributed by atoms with Crippen LogP contribution in [0.15, 0.2) is 47.6 Å². The lowest BCUT2D eigenvalue weighted by molar-refractivity contribution is -0.139. The molecule has 162 valence electrons. The number of hydrazine groups is 1. The molecule has 2 aromatic carbocycles. The number of carbonyl (C=O) groups is 4. The number of para-hydroxylation sites is 1. The molecular weight excluding hydrogens is 479 g/mol. The van der Waals surface area contributed by atoms with Crippen LogP contribution in [0.2, 0.25) is 10.0 Å². The highest BCUT2D eigenvalue weighted by molar-refractivity contribution is 7.19. The van der Waals surface area contributed by atoms with Gasteiger partial charge in [0.25, 0.3) is 5.91 Å². The van der Waals surface area contributed by atoms with E-state index in [9.17, 15) is 19.2 Å². The Bertz CT molecular complexity index is 1290. The van der Waals surface area contributed by atoms with Gasteiger partial charge in [0.15, 0.2) is 0 Å². The normalized spacial score (nSPS) is 17.8. The van der Waals surface area contributed by atoms with Crippen LogP contribution >= 0.6 is 34.5 Å². The summed E-state index contributed by atoms with van der Waals surface area (Å²) in [5, 5.41) is 4.23. The van der Waals surface area contributed by atoms with Crippen molar-refractivity contribution in [3.8, 4) is 0 Å². The van der Waals surface area contributed by atoms with Gasteiger partial charge in [0.2, 0.25) is 5.78 Å². The standard InChI is InChI=1S/C19H12Cl2N6O4S/c20-9-6-5-8(7-10(9)21)27-17(29)14(25-26-19(31)24-22)13(15(28)18(27)30)16-23-11-3-1-2-4-12(11)32-16/h1-7,13H,22H2,(H2,24,26,31)/b25-14-. The largest absolute Gasteiger partial charge is 0.349 e. The molecule has 1 atom stereocenters. The molecule has 32 heavy (non-hydrogen) atoms. The third-order valence-corrected chi connectivity index (χ3v) is 6.34. The van der Waals surface area contributed by atoms with Crippen LogP contribution < -0.4 is 21.6 Å². The Hall–Kier alpha value is -3.38. The number of imide groups is 1. The smallest absolute Gasteiger partial charge is 0.287 e. The molecule has 1 fully saturated rings. The van der Waals surface area contributed by atoms with Crippen LogP contribution in [0, 0.1) is 0 Å². The Kier molecular flexibility index (Phi) is 5.89. The van der Waals surface area contributed by atoms with Crippen LogP contribution in [0.5, 0.6) is 0 Å². The van der Waals surface area contributed by atoms with Crippen molar-refractivity contribution in [1.29, 1.82) is 0 Å². The second-order valence-corrected chi connectivity index (χ2v) is 8.32. The number of rotatable bonds is 3. The van der Waals surface area contributed by atoms with Gasteiger partial charge in [0.1, 0.15) is 16.6 Å². The summed E-state index contributed by atoms with van der Waals surface area (Å²) in [6.45, 7) is 0. The Morgan fingerprint density at radius 2 is 1.84 bits per heavy atom. The number of fused-ring (bicyclic) bond motifs is 1. The van der Waals surface area contributed by atoms with Crippen molar-refractivity contribution in [2.24, 2.45) is 10.9 Å². The number of Topliss-reactive ketones (excluding diaryl/α,β-unsaturated/α-hetero) is 1. The molecule has 1 saturated heterocycles. The van der Waals surface area contributed by atoms with Gasteiger partial charge in [-0.1, -0.05) is 35.3 Å². The zero-order valence-corrected chi connectivity index (χ0v) is 18.2. The highest BCUT2D eigenvalue weighted by atomic mass is 35.5. The number of urea groups is 1. The lowest BCUT2D eigenvalue weighted by atomic mass is 9.92. The molecular formula is C19H12Cl2N6O4S. The van der Waals surface area contributed by atoms with E-state index in [1.807, 2.05) is 5.43 Å². The zero-order chi connectivity index (χ0) is 23.0. The molecule has 13 heteroatoms. The van der Waals surface area contributed by atoms with E-state index in [4.69, 9.17) is 29.0 Å². The number of benzene rings is 2. The first-order valence-corrected chi connectivity index (χ1v) is 10.5. The third-order valence-electron chi connectivity index (χ3n) is 4.50. The number of piperidine rings is 1. The van der Waals surface area contributed by atoms with Crippen LogP contribution in [0.4, 0.5) is 10.5 Å². The second kappa shape index (κ2) is 8.63. The van der Waals surface area contributed by atoms with Gasteiger partial charge in [-0.05, 0) is 30.3 Å². The van der Waals surface area contributed by atoms with Gasteiger partial charge in [-0.3, -0.25) is 19.8 Å². The number of ketones is 1. The quantitative estimate of drug-likeness (QED) is 0.169. The molecule has 10 nitrogen and oxygen atoms in total. The fourth-order valence-corrected chi connectivity index (χ4v) is 4.41. The minimum Gasteiger partial charge on any atom is -0.287 e. The molecule has 0 radical (unpaired) electrons. The zero-order valence-electron chi connectivity index (χ0n) is 15.8. The number of hydrogen-bond donors (Lipinski definition) is 3. The predicted molar refractivity (Wildman–Crippen MR) is 120 cm³/mol. The van der Waals surface area contributed by atoms with E-state index < -0.39 is 35.3 Å². The summed E-state index contributed by atoms with van der Waals surface area (Å²) in [6.07, 6.45) is 0. The summed E-state index contributed by atoms with van der Waals surface area (Å²) >= 11 is 13.0. The first-order valence-electron chi connectivity index (χ1n) is 8.89. The van der Waals surface area contributed by atoms with Crippen molar-refractivity contribution < 1.29 is 19.2 Å². The van der Waals surface area contributed by atoms with Crippen molar-refractivity contribution >= 4 is 79.8 Å². The summed E-state index contributed by atoms with van der Waals surface area (Å²) in [7, 11) is 0. The van der Waals surface area contributed by atoms with E-state index in [-0.39, 0.29) is 20.7 Å². The SMILES string of the molecule is NNC(=O)N/N=C1\C(=O)N(c2ccc(Cl)c(Cl)c2)C(=O)C(=O)C1c1nc2ccccc2s1. The Morgan fingerprint density at radius 1 is 1.09 bits per heavy atom.